The molecule has 0 saturated heterocycles. The molecule has 0 aliphatic heterocycles. The Hall–Kier alpha value is -0.580. The molecule has 14 heavy (non-hydrogen) atoms. The van der Waals surface area contributed by atoms with Crippen LogP contribution in [0.2, 0.25) is 0 Å². The number of carbonyl (C=O) groups excluding carboxylic acids is 1. The molecule has 0 rings (SSSR count). The Balaban J connectivity index is 4.14. The Morgan fingerprint density at radius 3 is 2.21 bits per heavy atom. The number of hydrogen-bond acceptors (Lipinski definition) is 4. The fourth-order valence-corrected chi connectivity index (χ4v) is 1.94. The fourth-order valence-electron chi connectivity index (χ4n) is 1.01. The predicted molar refractivity (Wildman–Crippen MR) is 54.7 cm³/mol. The number of carbonyl (C=O) groups is 1. The summed E-state index contributed by atoms with van der Waals surface area (Å²) in [6, 6.07) is 0. The van der Waals surface area contributed by atoms with E-state index in [0.29, 0.717) is 6.42 Å². The van der Waals surface area contributed by atoms with Crippen molar-refractivity contribution in [2.45, 2.75) is 26.7 Å². The third-order valence-electron chi connectivity index (χ3n) is 2.00. The first-order valence-corrected chi connectivity index (χ1v) is 6.47. The third kappa shape index (κ3) is 6.88. The largest absolute Gasteiger partial charge is 0.469 e. The summed E-state index contributed by atoms with van der Waals surface area (Å²) in [4.78, 5) is 11.0. The first-order valence-electron chi connectivity index (χ1n) is 4.41. The zero-order chi connectivity index (χ0) is 11.4. The van der Waals surface area contributed by atoms with Crippen molar-refractivity contribution in [3.63, 3.8) is 0 Å². The molecule has 84 valence electrons. The van der Waals surface area contributed by atoms with Crippen molar-refractivity contribution >= 4 is 15.8 Å². The smallest absolute Gasteiger partial charge is 0.306 e. The van der Waals surface area contributed by atoms with E-state index in [1.54, 1.807) is 0 Å². The van der Waals surface area contributed by atoms with Gasteiger partial charge in [-0.05, 0) is 11.8 Å². The maximum absolute atomic E-state index is 11.0. The van der Waals surface area contributed by atoms with Crippen LogP contribution in [0.3, 0.4) is 0 Å². The molecule has 0 fully saturated rings. The van der Waals surface area contributed by atoms with Crippen molar-refractivity contribution in [3.8, 4) is 0 Å². The summed E-state index contributed by atoms with van der Waals surface area (Å²) in [7, 11) is -1.62. The van der Waals surface area contributed by atoms with E-state index in [-0.39, 0.29) is 23.6 Å². The van der Waals surface area contributed by atoms with Crippen molar-refractivity contribution in [3.05, 3.63) is 0 Å². The van der Waals surface area contributed by atoms with Crippen molar-refractivity contribution in [2.75, 3.05) is 19.1 Å². The average Bonchev–Trinajstić information content (AvgIpc) is 1.99. The zero-order valence-corrected chi connectivity index (χ0v) is 9.98. The van der Waals surface area contributed by atoms with Gasteiger partial charge in [0.15, 0.2) is 0 Å². The molecule has 0 aromatic heterocycles. The maximum atomic E-state index is 11.0. The van der Waals surface area contributed by atoms with Crippen molar-refractivity contribution < 1.29 is 17.9 Å². The molecule has 0 aliphatic rings. The third-order valence-corrected chi connectivity index (χ3v) is 2.95. The quantitative estimate of drug-likeness (QED) is 0.651. The molecule has 0 aromatic carbocycles. The summed E-state index contributed by atoms with van der Waals surface area (Å²) in [6.07, 6.45) is 1.92. The lowest BCUT2D eigenvalue weighted by Gasteiger charge is -2.22. The van der Waals surface area contributed by atoms with Crippen LogP contribution >= 0.6 is 0 Å². The molecule has 0 atom stereocenters. The molecule has 0 amide bonds. The SMILES string of the molecule is COC(=O)CC(C)(C)CCS(C)(=O)=O. The van der Waals surface area contributed by atoms with Gasteiger partial charge in [-0.25, -0.2) is 8.42 Å². The Labute approximate surface area is 85.6 Å². The minimum Gasteiger partial charge on any atom is -0.469 e. The van der Waals surface area contributed by atoms with E-state index >= 15 is 0 Å². The Morgan fingerprint density at radius 2 is 1.86 bits per heavy atom. The number of methoxy groups -OCH3 is 1. The van der Waals surface area contributed by atoms with Gasteiger partial charge in [0.05, 0.1) is 19.3 Å². The summed E-state index contributed by atoms with van der Waals surface area (Å²) >= 11 is 0. The number of rotatable bonds is 5. The highest BCUT2D eigenvalue weighted by molar-refractivity contribution is 7.90. The van der Waals surface area contributed by atoms with Gasteiger partial charge in [0, 0.05) is 6.26 Å². The number of ether oxygens (including phenoxy) is 1. The van der Waals surface area contributed by atoms with E-state index in [9.17, 15) is 13.2 Å². The Kier molecular flexibility index (Phi) is 4.58. The molecular formula is C9H18O4S. The fraction of sp³-hybridized carbons (Fsp3) is 0.889. The monoisotopic (exact) mass is 222 g/mol. The topological polar surface area (TPSA) is 60.4 Å². The maximum Gasteiger partial charge on any atom is 0.306 e. The summed E-state index contributed by atoms with van der Waals surface area (Å²) < 4.78 is 26.4. The van der Waals surface area contributed by atoms with E-state index in [4.69, 9.17) is 0 Å². The molecule has 0 spiro atoms. The van der Waals surface area contributed by atoms with Gasteiger partial charge < -0.3 is 4.74 Å². The van der Waals surface area contributed by atoms with Gasteiger partial charge in [-0.15, -0.1) is 0 Å². The predicted octanol–water partition coefficient (Wildman–Crippen LogP) is 1.01. The minimum atomic E-state index is -2.95. The van der Waals surface area contributed by atoms with Gasteiger partial charge in [0.25, 0.3) is 0 Å². The van der Waals surface area contributed by atoms with Crippen LogP contribution in [0.1, 0.15) is 26.7 Å². The molecule has 0 aromatic rings. The van der Waals surface area contributed by atoms with Crippen LogP contribution in [0.5, 0.6) is 0 Å². The lowest BCUT2D eigenvalue weighted by Crippen LogP contribution is -2.21. The van der Waals surface area contributed by atoms with E-state index in [1.807, 2.05) is 13.8 Å². The number of hydrogen-bond donors (Lipinski definition) is 0. The summed E-state index contributed by atoms with van der Waals surface area (Å²) in [5.74, 6) is -0.194. The van der Waals surface area contributed by atoms with Crippen LogP contribution in [-0.2, 0) is 19.4 Å². The second-order valence-corrected chi connectivity index (χ2v) is 6.56. The molecule has 0 aliphatic carbocycles. The van der Waals surface area contributed by atoms with Gasteiger partial charge in [0.1, 0.15) is 9.84 Å². The molecular weight excluding hydrogens is 204 g/mol. The highest BCUT2D eigenvalue weighted by Gasteiger charge is 2.23. The molecule has 5 heteroatoms. The number of esters is 1. The van der Waals surface area contributed by atoms with Gasteiger partial charge >= 0.3 is 5.97 Å². The molecule has 0 heterocycles. The summed E-state index contributed by atoms with van der Waals surface area (Å²) in [6.45, 7) is 3.71. The van der Waals surface area contributed by atoms with E-state index in [1.165, 1.54) is 13.4 Å². The minimum absolute atomic E-state index is 0.108. The average molecular weight is 222 g/mol. The molecule has 0 bridgehead atoms. The van der Waals surface area contributed by atoms with Crippen LogP contribution in [0, 0.1) is 5.41 Å². The summed E-state index contributed by atoms with van der Waals surface area (Å²) in [5, 5.41) is 0. The van der Waals surface area contributed by atoms with Crippen LogP contribution in [-0.4, -0.2) is 33.5 Å². The van der Waals surface area contributed by atoms with Crippen LogP contribution in [0.4, 0.5) is 0 Å². The van der Waals surface area contributed by atoms with E-state index in [0.717, 1.165) is 0 Å². The normalized spacial score (nSPS) is 12.6. The molecule has 0 unspecified atom stereocenters. The zero-order valence-electron chi connectivity index (χ0n) is 9.16. The molecule has 0 saturated carbocycles. The first-order chi connectivity index (χ1) is 6.16. The lowest BCUT2D eigenvalue weighted by molar-refractivity contribution is -0.142. The van der Waals surface area contributed by atoms with Crippen molar-refractivity contribution in [1.29, 1.82) is 0 Å². The second-order valence-electron chi connectivity index (χ2n) is 4.30. The van der Waals surface area contributed by atoms with Crippen molar-refractivity contribution in [2.24, 2.45) is 5.41 Å². The highest BCUT2D eigenvalue weighted by Crippen LogP contribution is 2.25. The first kappa shape index (κ1) is 13.4. The van der Waals surface area contributed by atoms with Crippen LogP contribution < -0.4 is 0 Å². The van der Waals surface area contributed by atoms with Gasteiger partial charge in [-0.2, -0.15) is 0 Å². The Morgan fingerprint density at radius 1 is 1.36 bits per heavy atom. The van der Waals surface area contributed by atoms with E-state index in [2.05, 4.69) is 4.74 Å². The molecule has 0 N–H and O–H groups in total. The second kappa shape index (κ2) is 4.77. The summed E-state index contributed by atoms with van der Waals surface area (Å²) in [5.41, 5.74) is -0.323. The number of sulfone groups is 1. The van der Waals surface area contributed by atoms with Gasteiger partial charge in [-0.3, -0.25) is 4.79 Å². The Bertz CT molecular complexity index is 290. The molecule has 4 nitrogen and oxygen atoms in total. The highest BCUT2D eigenvalue weighted by atomic mass is 32.2. The van der Waals surface area contributed by atoms with Crippen LogP contribution in [0.15, 0.2) is 0 Å². The molecule has 0 radical (unpaired) electrons. The van der Waals surface area contributed by atoms with Crippen molar-refractivity contribution in [1.82, 2.24) is 0 Å². The van der Waals surface area contributed by atoms with Gasteiger partial charge in [-0.1, -0.05) is 13.8 Å². The lowest BCUT2D eigenvalue weighted by atomic mass is 9.86. The van der Waals surface area contributed by atoms with E-state index < -0.39 is 9.84 Å². The standard InChI is InChI=1S/C9H18O4S/c1-9(2,7-8(10)13-3)5-6-14(4,11)12/h5-7H2,1-4H3. The van der Waals surface area contributed by atoms with Crippen LogP contribution in [0.25, 0.3) is 0 Å². The van der Waals surface area contributed by atoms with Gasteiger partial charge in [0.2, 0.25) is 0 Å².